The molecule has 0 aliphatic carbocycles. The molecule has 5 heteroatoms. The van der Waals surface area contributed by atoms with E-state index in [0.29, 0.717) is 17.8 Å². The minimum absolute atomic E-state index is 0.345. The van der Waals surface area contributed by atoms with Crippen molar-refractivity contribution in [2.24, 2.45) is 0 Å². The lowest BCUT2D eigenvalue weighted by Gasteiger charge is -2.12. The van der Waals surface area contributed by atoms with E-state index >= 15 is 0 Å². The maximum atomic E-state index is 12.0. The average Bonchev–Trinajstić information content (AvgIpc) is 3.08. The van der Waals surface area contributed by atoms with Crippen molar-refractivity contribution in [2.75, 3.05) is 7.11 Å². The Kier molecular flexibility index (Phi) is 5.46. The highest BCUT2D eigenvalue weighted by atomic mass is 16.5. The van der Waals surface area contributed by atoms with Crippen molar-refractivity contribution < 1.29 is 14.3 Å². The number of aldehydes is 1. The average molecular weight is 350 g/mol. The van der Waals surface area contributed by atoms with E-state index in [1.165, 1.54) is 7.11 Å². The summed E-state index contributed by atoms with van der Waals surface area (Å²) in [5.41, 5.74) is 2.07. The zero-order valence-corrected chi connectivity index (χ0v) is 15.1. The van der Waals surface area contributed by atoms with Crippen molar-refractivity contribution in [2.45, 2.75) is 32.7 Å². The molecule has 26 heavy (non-hydrogen) atoms. The van der Waals surface area contributed by atoms with Gasteiger partial charge in [-0.2, -0.15) is 0 Å². The highest BCUT2D eigenvalue weighted by Gasteiger charge is 2.14. The van der Waals surface area contributed by atoms with E-state index in [2.05, 4.69) is 11.9 Å². The number of methoxy groups -OCH3 is 1. The molecule has 0 fully saturated rings. The summed E-state index contributed by atoms with van der Waals surface area (Å²) in [6, 6.07) is 11.5. The van der Waals surface area contributed by atoms with Crippen molar-refractivity contribution >= 4 is 23.0 Å². The number of hydrogen-bond acceptors (Lipinski definition) is 4. The number of rotatable bonds is 7. The maximum Gasteiger partial charge on any atom is 0.338 e. The molecule has 2 aromatic carbocycles. The highest BCUT2D eigenvalue weighted by molar-refractivity contribution is 6.05. The summed E-state index contributed by atoms with van der Waals surface area (Å²) in [4.78, 5) is 27.6. The topological polar surface area (TPSA) is 61.2 Å². The van der Waals surface area contributed by atoms with Gasteiger partial charge in [-0.1, -0.05) is 43.7 Å². The van der Waals surface area contributed by atoms with Crippen molar-refractivity contribution in [1.82, 2.24) is 9.55 Å². The smallest absolute Gasteiger partial charge is 0.338 e. The van der Waals surface area contributed by atoms with Crippen LogP contribution < -0.4 is 0 Å². The molecule has 3 aromatic rings. The summed E-state index contributed by atoms with van der Waals surface area (Å²) in [5.74, 6) is 0.567. The van der Waals surface area contributed by atoms with Gasteiger partial charge in [-0.3, -0.25) is 4.79 Å². The lowest BCUT2D eigenvalue weighted by molar-refractivity contribution is 0.0603. The van der Waals surface area contributed by atoms with Crippen LogP contribution in [0.4, 0.5) is 0 Å². The molecule has 0 amide bonds. The summed E-state index contributed by atoms with van der Waals surface area (Å²) >= 11 is 0. The van der Waals surface area contributed by atoms with Gasteiger partial charge in [0.05, 0.1) is 12.7 Å². The molecule has 0 spiro atoms. The fourth-order valence-corrected chi connectivity index (χ4v) is 3.18. The minimum atomic E-state index is -0.345. The van der Waals surface area contributed by atoms with Gasteiger partial charge >= 0.3 is 5.97 Å². The van der Waals surface area contributed by atoms with E-state index in [0.717, 1.165) is 47.7 Å². The predicted molar refractivity (Wildman–Crippen MR) is 101 cm³/mol. The molecule has 0 aliphatic rings. The van der Waals surface area contributed by atoms with Gasteiger partial charge in [-0.05, 0) is 28.8 Å². The molecular weight excluding hydrogens is 328 g/mol. The maximum absolute atomic E-state index is 12.0. The number of esters is 1. The molecule has 0 saturated heterocycles. The highest BCUT2D eigenvalue weighted by Crippen LogP contribution is 2.25. The molecule has 1 heterocycles. The molecular formula is C21H22N2O3. The van der Waals surface area contributed by atoms with Crippen LogP contribution in [0.5, 0.6) is 0 Å². The molecule has 0 unspecified atom stereocenters. The number of ether oxygens (including phenoxy) is 1. The fourth-order valence-electron chi connectivity index (χ4n) is 3.18. The van der Waals surface area contributed by atoms with E-state index < -0.39 is 0 Å². The Hall–Kier alpha value is -2.95. The summed E-state index contributed by atoms with van der Waals surface area (Å²) in [7, 11) is 1.39. The largest absolute Gasteiger partial charge is 0.465 e. The Morgan fingerprint density at radius 3 is 2.65 bits per heavy atom. The van der Waals surface area contributed by atoms with Crippen LogP contribution in [0.1, 0.15) is 52.0 Å². The number of benzene rings is 2. The number of nitrogens with zero attached hydrogens (tertiary/aromatic N) is 2. The number of hydrogen-bond donors (Lipinski definition) is 0. The number of carbonyl (C=O) groups is 2. The second-order valence-corrected chi connectivity index (χ2v) is 6.24. The van der Waals surface area contributed by atoms with Gasteiger partial charge in [0.25, 0.3) is 0 Å². The SMILES string of the molecule is CCCCc1nc(C=O)cn1Cc1ccc(C(=O)OC)c2ccccc12. The fraction of sp³-hybridized carbons (Fsp3) is 0.286. The van der Waals surface area contributed by atoms with Crippen LogP contribution >= 0.6 is 0 Å². The Morgan fingerprint density at radius 1 is 1.19 bits per heavy atom. The molecule has 0 atom stereocenters. The van der Waals surface area contributed by atoms with Crippen LogP contribution in [0.3, 0.4) is 0 Å². The standard InChI is InChI=1S/C21H22N2O3/c1-3-4-9-20-22-16(14-24)13-23(20)12-15-10-11-19(21(25)26-2)18-8-6-5-7-17(15)18/h5-8,10-11,13-14H,3-4,9,12H2,1-2H3. The molecule has 1 aromatic heterocycles. The quantitative estimate of drug-likeness (QED) is 0.477. The van der Waals surface area contributed by atoms with Crippen molar-refractivity contribution in [3.8, 4) is 0 Å². The van der Waals surface area contributed by atoms with Gasteiger partial charge in [0.2, 0.25) is 0 Å². The van der Waals surface area contributed by atoms with Crippen LogP contribution in [-0.2, 0) is 17.7 Å². The first-order chi connectivity index (χ1) is 12.7. The van der Waals surface area contributed by atoms with E-state index in [1.807, 2.05) is 34.9 Å². The van der Waals surface area contributed by atoms with E-state index in [4.69, 9.17) is 4.74 Å². The summed E-state index contributed by atoms with van der Waals surface area (Å²) in [6.45, 7) is 2.73. The normalized spacial score (nSPS) is 10.8. The van der Waals surface area contributed by atoms with Crippen LogP contribution in [0.25, 0.3) is 10.8 Å². The molecule has 5 nitrogen and oxygen atoms in total. The van der Waals surface area contributed by atoms with Gasteiger partial charge in [0.15, 0.2) is 6.29 Å². The van der Waals surface area contributed by atoms with Gasteiger partial charge in [-0.15, -0.1) is 0 Å². The Bertz CT molecular complexity index is 944. The second kappa shape index (κ2) is 7.95. The molecule has 3 rings (SSSR count). The Labute approximate surface area is 152 Å². The van der Waals surface area contributed by atoms with Crippen molar-refractivity contribution in [3.05, 3.63) is 65.2 Å². The number of unbranched alkanes of at least 4 members (excludes halogenated alkanes) is 1. The summed E-state index contributed by atoms with van der Waals surface area (Å²) < 4.78 is 6.92. The lowest BCUT2D eigenvalue weighted by Crippen LogP contribution is -2.07. The monoisotopic (exact) mass is 350 g/mol. The first kappa shape index (κ1) is 17.9. The number of aromatic nitrogens is 2. The van der Waals surface area contributed by atoms with E-state index in [1.54, 1.807) is 12.3 Å². The zero-order valence-electron chi connectivity index (χ0n) is 15.1. The van der Waals surface area contributed by atoms with Crippen LogP contribution in [-0.4, -0.2) is 28.9 Å². The van der Waals surface area contributed by atoms with Crippen molar-refractivity contribution in [1.29, 1.82) is 0 Å². The van der Waals surface area contributed by atoms with Crippen LogP contribution in [0, 0.1) is 0 Å². The van der Waals surface area contributed by atoms with E-state index in [9.17, 15) is 9.59 Å². The molecule has 0 aliphatic heterocycles. The number of carbonyl (C=O) groups excluding carboxylic acids is 2. The van der Waals surface area contributed by atoms with Gasteiger partial charge in [-0.25, -0.2) is 9.78 Å². The van der Waals surface area contributed by atoms with Gasteiger partial charge in [0, 0.05) is 19.2 Å². The molecule has 0 bridgehead atoms. The molecule has 0 radical (unpaired) electrons. The van der Waals surface area contributed by atoms with E-state index in [-0.39, 0.29) is 5.97 Å². The molecule has 0 N–H and O–H groups in total. The van der Waals surface area contributed by atoms with Crippen molar-refractivity contribution in [3.63, 3.8) is 0 Å². The minimum Gasteiger partial charge on any atom is -0.465 e. The molecule has 134 valence electrons. The number of imidazole rings is 1. The predicted octanol–water partition coefficient (Wildman–Crippen LogP) is 4.03. The lowest BCUT2D eigenvalue weighted by atomic mass is 9.99. The third kappa shape index (κ3) is 3.52. The first-order valence-corrected chi connectivity index (χ1v) is 8.78. The second-order valence-electron chi connectivity index (χ2n) is 6.24. The van der Waals surface area contributed by atoms with Gasteiger partial charge < -0.3 is 9.30 Å². The summed E-state index contributed by atoms with van der Waals surface area (Å²) in [6.07, 6.45) is 5.51. The van der Waals surface area contributed by atoms with Crippen LogP contribution in [0.2, 0.25) is 0 Å². The molecule has 0 saturated carbocycles. The van der Waals surface area contributed by atoms with Gasteiger partial charge in [0.1, 0.15) is 11.5 Å². The van der Waals surface area contributed by atoms with Crippen LogP contribution in [0.15, 0.2) is 42.6 Å². The number of aryl methyl sites for hydroxylation is 1. The summed E-state index contributed by atoms with van der Waals surface area (Å²) in [5, 5.41) is 1.86. The third-order valence-corrected chi connectivity index (χ3v) is 4.51. The zero-order chi connectivity index (χ0) is 18.5. The number of fused-ring (bicyclic) bond motifs is 1. The Balaban J connectivity index is 2.03. The Morgan fingerprint density at radius 2 is 1.96 bits per heavy atom. The first-order valence-electron chi connectivity index (χ1n) is 8.78. The third-order valence-electron chi connectivity index (χ3n) is 4.51.